The number of benzene rings is 3. The molecule has 0 saturated carbocycles. The molecule has 0 radical (unpaired) electrons. The molecule has 0 aliphatic carbocycles. The third kappa shape index (κ3) is 6.93. The number of hydrogen-bond donors (Lipinski definition) is 0. The van der Waals surface area contributed by atoms with E-state index in [0.717, 1.165) is 22.4 Å². The standard InChI is InChI=1S/C27H22O7/c1-3-23(28)17-32-24-10-5-19(6-11-24)13-14-31-27(30)22-8-7-21-16-25(12-9-20(21)15-22)33-18-34-26(29)4-2/h3-16H,1-2,17-18H2/b14-13+. The first-order chi connectivity index (χ1) is 16.5. The first kappa shape index (κ1) is 24.0. The second-order valence-electron chi connectivity index (χ2n) is 6.89. The smallest absolute Gasteiger partial charge is 0.342 e. The van der Waals surface area contributed by atoms with Gasteiger partial charge in [0.25, 0.3) is 0 Å². The highest BCUT2D eigenvalue weighted by Gasteiger charge is 2.08. The van der Waals surface area contributed by atoms with E-state index in [1.807, 2.05) is 0 Å². The van der Waals surface area contributed by atoms with Crippen LogP contribution in [0.3, 0.4) is 0 Å². The molecule has 7 nitrogen and oxygen atoms in total. The molecule has 0 saturated heterocycles. The third-order valence-electron chi connectivity index (χ3n) is 4.57. The topological polar surface area (TPSA) is 88.1 Å². The summed E-state index contributed by atoms with van der Waals surface area (Å²) in [5, 5.41) is 1.66. The Balaban J connectivity index is 1.55. The fourth-order valence-corrected chi connectivity index (χ4v) is 2.79. The number of carbonyl (C=O) groups is 3. The lowest BCUT2D eigenvalue weighted by atomic mass is 10.1. The molecular formula is C27H22O7. The molecule has 172 valence electrons. The highest BCUT2D eigenvalue weighted by Crippen LogP contribution is 2.23. The van der Waals surface area contributed by atoms with E-state index >= 15 is 0 Å². The summed E-state index contributed by atoms with van der Waals surface area (Å²) in [5.41, 5.74) is 1.18. The van der Waals surface area contributed by atoms with Gasteiger partial charge in [-0.2, -0.15) is 0 Å². The van der Waals surface area contributed by atoms with Crippen LogP contribution in [0.15, 0.2) is 92.2 Å². The van der Waals surface area contributed by atoms with Gasteiger partial charge in [0.2, 0.25) is 6.79 Å². The van der Waals surface area contributed by atoms with Gasteiger partial charge in [-0.05, 0) is 64.9 Å². The van der Waals surface area contributed by atoms with Crippen LogP contribution in [0.4, 0.5) is 0 Å². The Morgan fingerprint density at radius 3 is 2.24 bits per heavy atom. The summed E-state index contributed by atoms with van der Waals surface area (Å²) in [7, 11) is 0. The minimum atomic E-state index is -0.569. The van der Waals surface area contributed by atoms with Crippen LogP contribution >= 0.6 is 0 Å². The van der Waals surface area contributed by atoms with E-state index in [2.05, 4.69) is 13.2 Å². The molecule has 3 aromatic carbocycles. The van der Waals surface area contributed by atoms with Crippen molar-refractivity contribution in [3.05, 3.63) is 103 Å². The molecule has 0 aliphatic heterocycles. The summed E-state index contributed by atoms with van der Waals surface area (Å²) in [6.07, 6.45) is 5.21. The lowest BCUT2D eigenvalue weighted by molar-refractivity contribution is -0.144. The zero-order valence-corrected chi connectivity index (χ0v) is 18.3. The molecule has 0 aliphatic rings. The highest BCUT2D eigenvalue weighted by molar-refractivity contribution is 5.96. The molecule has 34 heavy (non-hydrogen) atoms. The Kier molecular flexibility index (Phi) is 8.35. The number of ether oxygens (including phenoxy) is 4. The first-order valence-corrected chi connectivity index (χ1v) is 10.2. The molecule has 0 aromatic heterocycles. The number of ketones is 1. The van der Waals surface area contributed by atoms with E-state index in [9.17, 15) is 14.4 Å². The van der Waals surface area contributed by atoms with Crippen LogP contribution in [0, 0.1) is 0 Å². The van der Waals surface area contributed by atoms with Crippen molar-refractivity contribution < 1.29 is 33.3 Å². The van der Waals surface area contributed by atoms with Gasteiger partial charge >= 0.3 is 11.9 Å². The van der Waals surface area contributed by atoms with Crippen LogP contribution in [0.25, 0.3) is 16.8 Å². The van der Waals surface area contributed by atoms with Crippen molar-refractivity contribution in [1.29, 1.82) is 0 Å². The predicted octanol–water partition coefficient (Wildman–Crippen LogP) is 4.87. The van der Waals surface area contributed by atoms with Gasteiger partial charge in [0.1, 0.15) is 11.5 Å². The number of rotatable bonds is 11. The minimum absolute atomic E-state index is 0.0679. The molecule has 3 aromatic rings. The fraction of sp³-hybridized carbons (Fsp3) is 0.0741. The number of esters is 2. The fourth-order valence-electron chi connectivity index (χ4n) is 2.79. The lowest BCUT2D eigenvalue weighted by Gasteiger charge is -2.08. The van der Waals surface area contributed by atoms with Crippen LogP contribution in [0.5, 0.6) is 11.5 Å². The summed E-state index contributed by atoms with van der Waals surface area (Å²) in [5.74, 6) is -0.207. The highest BCUT2D eigenvalue weighted by atomic mass is 16.7. The Labute approximate surface area is 196 Å². The van der Waals surface area contributed by atoms with Gasteiger partial charge in [0.05, 0.1) is 11.8 Å². The van der Waals surface area contributed by atoms with Crippen LogP contribution in [0.1, 0.15) is 15.9 Å². The molecule has 0 unspecified atom stereocenters. The second kappa shape index (κ2) is 11.8. The van der Waals surface area contributed by atoms with Gasteiger partial charge in [0.15, 0.2) is 12.4 Å². The molecule has 0 heterocycles. The molecular weight excluding hydrogens is 436 g/mol. The molecule has 0 atom stereocenters. The molecule has 0 spiro atoms. The maximum Gasteiger partial charge on any atom is 0.342 e. The molecule has 0 amide bonds. The number of carbonyl (C=O) groups excluding carboxylic acids is 3. The first-order valence-electron chi connectivity index (χ1n) is 10.2. The second-order valence-corrected chi connectivity index (χ2v) is 6.89. The Morgan fingerprint density at radius 2 is 1.50 bits per heavy atom. The molecule has 3 rings (SSSR count). The average molecular weight is 458 g/mol. The Bertz CT molecular complexity index is 1240. The van der Waals surface area contributed by atoms with Crippen LogP contribution < -0.4 is 9.47 Å². The van der Waals surface area contributed by atoms with Crippen LogP contribution in [0.2, 0.25) is 0 Å². The minimum Gasteiger partial charge on any atom is -0.485 e. The van der Waals surface area contributed by atoms with E-state index in [0.29, 0.717) is 17.1 Å². The van der Waals surface area contributed by atoms with E-state index in [1.165, 1.54) is 12.3 Å². The van der Waals surface area contributed by atoms with Gasteiger partial charge < -0.3 is 18.9 Å². The largest absolute Gasteiger partial charge is 0.485 e. The maximum atomic E-state index is 12.4. The predicted molar refractivity (Wildman–Crippen MR) is 127 cm³/mol. The molecule has 0 bridgehead atoms. The monoisotopic (exact) mass is 458 g/mol. The van der Waals surface area contributed by atoms with E-state index in [-0.39, 0.29) is 19.2 Å². The molecule has 0 fully saturated rings. The van der Waals surface area contributed by atoms with E-state index in [1.54, 1.807) is 66.7 Å². The summed E-state index contributed by atoms with van der Waals surface area (Å²) >= 11 is 0. The van der Waals surface area contributed by atoms with Gasteiger partial charge in [-0.15, -0.1) is 0 Å². The van der Waals surface area contributed by atoms with E-state index < -0.39 is 11.9 Å². The van der Waals surface area contributed by atoms with Crippen molar-refractivity contribution >= 4 is 34.6 Å². The zero-order valence-electron chi connectivity index (χ0n) is 18.3. The summed E-state index contributed by atoms with van der Waals surface area (Å²) in [6.45, 7) is 6.41. The normalized spacial score (nSPS) is 10.5. The number of hydrogen-bond acceptors (Lipinski definition) is 7. The summed E-state index contributed by atoms with van der Waals surface area (Å²) < 4.78 is 20.7. The Morgan fingerprint density at radius 1 is 0.794 bits per heavy atom. The SMILES string of the molecule is C=CC(=O)COc1ccc(/C=C/OC(=O)c2ccc3cc(OCOC(=O)C=C)ccc3c2)cc1. The van der Waals surface area contributed by atoms with Crippen molar-refractivity contribution in [2.45, 2.75) is 0 Å². The van der Waals surface area contributed by atoms with Gasteiger partial charge in [-0.25, -0.2) is 9.59 Å². The van der Waals surface area contributed by atoms with Crippen molar-refractivity contribution in [3.63, 3.8) is 0 Å². The number of fused-ring (bicyclic) bond motifs is 1. The lowest BCUT2D eigenvalue weighted by Crippen LogP contribution is -2.07. The van der Waals surface area contributed by atoms with Crippen molar-refractivity contribution in [2.24, 2.45) is 0 Å². The molecule has 7 heteroatoms. The maximum absolute atomic E-state index is 12.4. The van der Waals surface area contributed by atoms with Crippen molar-refractivity contribution in [2.75, 3.05) is 13.4 Å². The zero-order chi connectivity index (χ0) is 24.3. The van der Waals surface area contributed by atoms with Gasteiger partial charge in [0, 0.05) is 6.08 Å². The van der Waals surface area contributed by atoms with E-state index in [4.69, 9.17) is 18.9 Å². The summed E-state index contributed by atoms with van der Waals surface area (Å²) in [4.78, 5) is 34.7. The van der Waals surface area contributed by atoms with Gasteiger partial charge in [-0.3, -0.25) is 4.79 Å². The quantitative estimate of drug-likeness (QED) is 0.175. The van der Waals surface area contributed by atoms with Crippen molar-refractivity contribution in [3.8, 4) is 11.5 Å². The third-order valence-corrected chi connectivity index (χ3v) is 4.57. The average Bonchev–Trinajstić information content (AvgIpc) is 2.87. The Hall–Kier alpha value is -4.65. The van der Waals surface area contributed by atoms with Gasteiger partial charge in [-0.1, -0.05) is 37.4 Å². The molecule has 0 N–H and O–H groups in total. The summed E-state index contributed by atoms with van der Waals surface area (Å²) in [6, 6.07) is 17.4. The van der Waals surface area contributed by atoms with Crippen molar-refractivity contribution in [1.82, 2.24) is 0 Å². The van der Waals surface area contributed by atoms with Crippen LogP contribution in [-0.2, 0) is 19.1 Å². The van der Waals surface area contributed by atoms with Crippen LogP contribution in [-0.4, -0.2) is 31.1 Å².